The van der Waals surface area contributed by atoms with E-state index >= 15 is 0 Å². The van der Waals surface area contributed by atoms with Crippen molar-refractivity contribution in [2.24, 2.45) is 0 Å². The number of amides is 1. The SMILES string of the molecule is Cc1cc2c(cc1-c1cnc(NC(=O)c3ccccc3F)cn1)CCO2. The maximum absolute atomic E-state index is 13.7. The van der Waals surface area contributed by atoms with Crippen LogP contribution in [0.25, 0.3) is 11.3 Å². The number of nitrogens with zero attached hydrogens (tertiary/aromatic N) is 2. The molecule has 130 valence electrons. The van der Waals surface area contributed by atoms with Gasteiger partial charge in [0.05, 0.1) is 30.3 Å². The minimum atomic E-state index is -0.578. The number of benzene rings is 2. The Labute approximate surface area is 149 Å². The van der Waals surface area contributed by atoms with Gasteiger partial charge in [-0.2, -0.15) is 0 Å². The van der Waals surface area contributed by atoms with Crippen molar-refractivity contribution < 1.29 is 13.9 Å². The molecule has 3 aromatic rings. The van der Waals surface area contributed by atoms with Gasteiger partial charge in [0, 0.05) is 12.0 Å². The quantitative estimate of drug-likeness (QED) is 0.782. The van der Waals surface area contributed by atoms with E-state index in [2.05, 4.69) is 21.4 Å². The second kappa shape index (κ2) is 6.55. The Kier molecular flexibility index (Phi) is 4.08. The summed E-state index contributed by atoms with van der Waals surface area (Å²) in [6.45, 7) is 2.69. The topological polar surface area (TPSA) is 64.1 Å². The van der Waals surface area contributed by atoms with Gasteiger partial charge < -0.3 is 10.1 Å². The molecule has 0 aliphatic carbocycles. The molecular weight excluding hydrogens is 333 g/mol. The minimum absolute atomic E-state index is 0.0344. The van der Waals surface area contributed by atoms with Gasteiger partial charge in [-0.1, -0.05) is 12.1 Å². The first-order chi connectivity index (χ1) is 12.6. The second-order valence-corrected chi connectivity index (χ2v) is 6.09. The molecule has 5 nitrogen and oxygen atoms in total. The van der Waals surface area contributed by atoms with Gasteiger partial charge in [0.2, 0.25) is 0 Å². The average molecular weight is 349 g/mol. The second-order valence-electron chi connectivity index (χ2n) is 6.09. The number of ether oxygens (including phenoxy) is 1. The van der Waals surface area contributed by atoms with Crippen LogP contribution in [0, 0.1) is 12.7 Å². The van der Waals surface area contributed by atoms with Crippen LogP contribution in [0.5, 0.6) is 5.75 Å². The lowest BCUT2D eigenvalue weighted by Gasteiger charge is -2.09. The summed E-state index contributed by atoms with van der Waals surface area (Å²) in [6.07, 6.45) is 3.95. The van der Waals surface area contributed by atoms with Crippen LogP contribution in [0.4, 0.5) is 10.2 Å². The molecule has 1 aromatic heterocycles. The maximum atomic E-state index is 13.7. The highest BCUT2D eigenvalue weighted by molar-refractivity contribution is 6.03. The van der Waals surface area contributed by atoms with Crippen LogP contribution < -0.4 is 10.1 Å². The van der Waals surface area contributed by atoms with Crippen LogP contribution >= 0.6 is 0 Å². The molecule has 1 aliphatic rings. The van der Waals surface area contributed by atoms with Gasteiger partial charge in [-0.05, 0) is 42.3 Å². The van der Waals surface area contributed by atoms with Crippen LogP contribution in [0.1, 0.15) is 21.5 Å². The van der Waals surface area contributed by atoms with E-state index in [0.717, 1.165) is 28.9 Å². The van der Waals surface area contributed by atoms with E-state index in [1.165, 1.54) is 24.4 Å². The van der Waals surface area contributed by atoms with Crippen molar-refractivity contribution in [2.75, 3.05) is 11.9 Å². The van der Waals surface area contributed by atoms with Crippen LogP contribution in [0.3, 0.4) is 0 Å². The molecular formula is C20H16FN3O2. The Morgan fingerprint density at radius 2 is 2.04 bits per heavy atom. The maximum Gasteiger partial charge on any atom is 0.259 e. The van der Waals surface area contributed by atoms with Crippen molar-refractivity contribution in [3.05, 3.63) is 71.3 Å². The van der Waals surface area contributed by atoms with Crippen molar-refractivity contribution in [3.8, 4) is 17.0 Å². The zero-order chi connectivity index (χ0) is 18.1. The minimum Gasteiger partial charge on any atom is -0.493 e. The first-order valence-electron chi connectivity index (χ1n) is 8.26. The number of fused-ring (bicyclic) bond motifs is 1. The number of nitrogens with one attached hydrogen (secondary N) is 1. The van der Waals surface area contributed by atoms with Gasteiger partial charge >= 0.3 is 0 Å². The predicted octanol–water partition coefficient (Wildman–Crippen LogP) is 3.78. The van der Waals surface area contributed by atoms with E-state index in [4.69, 9.17) is 4.74 Å². The van der Waals surface area contributed by atoms with Gasteiger partial charge in [-0.25, -0.2) is 9.37 Å². The first-order valence-corrected chi connectivity index (χ1v) is 8.26. The molecule has 6 heteroatoms. The van der Waals surface area contributed by atoms with Crippen molar-refractivity contribution in [3.63, 3.8) is 0 Å². The standard InChI is InChI=1S/C20H16FN3O2/c1-12-8-18-13(6-7-26-18)9-15(12)17-10-23-19(11-22-17)24-20(25)14-4-2-3-5-16(14)21/h2-5,8-11H,6-7H2,1H3,(H,23,24,25). The highest BCUT2D eigenvalue weighted by atomic mass is 19.1. The van der Waals surface area contributed by atoms with Crippen LogP contribution in [-0.2, 0) is 6.42 Å². The third kappa shape index (κ3) is 3.01. The number of aromatic nitrogens is 2. The van der Waals surface area contributed by atoms with Gasteiger partial charge in [0.25, 0.3) is 5.91 Å². The van der Waals surface area contributed by atoms with Crippen molar-refractivity contribution in [1.29, 1.82) is 0 Å². The Morgan fingerprint density at radius 3 is 2.81 bits per heavy atom. The van der Waals surface area contributed by atoms with Gasteiger partial charge in [0.15, 0.2) is 5.82 Å². The molecule has 4 rings (SSSR count). The number of aryl methyl sites for hydroxylation is 1. The van der Waals surface area contributed by atoms with Gasteiger partial charge in [-0.15, -0.1) is 0 Å². The predicted molar refractivity (Wildman–Crippen MR) is 95.8 cm³/mol. The Bertz CT molecular complexity index is 987. The normalized spacial score (nSPS) is 12.4. The fourth-order valence-corrected chi connectivity index (χ4v) is 2.96. The third-order valence-electron chi connectivity index (χ3n) is 4.32. The van der Waals surface area contributed by atoms with E-state index in [9.17, 15) is 9.18 Å². The molecule has 1 N–H and O–H groups in total. The molecule has 0 spiro atoms. The van der Waals surface area contributed by atoms with Crippen LogP contribution in [-0.4, -0.2) is 22.5 Å². The number of carbonyl (C=O) groups excluding carboxylic acids is 1. The Hall–Kier alpha value is -3.28. The lowest BCUT2D eigenvalue weighted by Crippen LogP contribution is -2.14. The van der Waals surface area contributed by atoms with E-state index in [1.54, 1.807) is 12.3 Å². The lowest BCUT2D eigenvalue weighted by molar-refractivity contribution is 0.102. The summed E-state index contributed by atoms with van der Waals surface area (Å²) >= 11 is 0. The molecule has 0 bridgehead atoms. The number of rotatable bonds is 3. The number of hydrogen-bond donors (Lipinski definition) is 1. The van der Waals surface area contributed by atoms with Crippen molar-refractivity contribution >= 4 is 11.7 Å². The summed E-state index contributed by atoms with van der Waals surface area (Å²) in [5, 5.41) is 2.56. The van der Waals surface area contributed by atoms with Gasteiger partial charge in [0.1, 0.15) is 11.6 Å². The smallest absolute Gasteiger partial charge is 0.259 e. The average Bonchev–Trinajstić information content (AvgIpc) is 3.09. The Morgan fingerprint density at radius 1 is 1.19 bits per heavy atom. The van der Waals surface area contributed by atoms with Crippen molar-refractivity contribution in [1.82, 2.24) is 9.97 Å². The molecule has 0 unspecified atom stereocenters. The molecule has 0 atom stereocenters. The first kappa shape index (κ1) is 16.2. The molecule has 2 aromatic carbocycles. The highest BCUT2D eigenvalue weighted by Crippen LogP contribution is 2.32. The number of hydrogen-bond acceptors (Lipinski definition) is 4. The Balaban J connectivity index is 1.56. The third-order valence-corrected chi connectivity index (χ3v) is 4.32. The van der Waals surface area contributed by atoms with Crippen molar-refractivity contribution in [2.45, 2.75) is 13.3 Å². The van der Waals surface area contributed by atoms with E-state index in [1.807, 2.05) is 13.0 Å². The van der Waals surface area contributed by atoms with E-state index < -0.39 is 11.7 Å². The lowest BCUT2D eigenvalue weighted by atomic mass is 10.0. The molecule has 0 fully saturated rings. The molecule has 26 heavy (non-hydrogen) atoms. The highest BCUT2D eigenvalue weighted by Gasteiger charge is 2.16. The molecule has 1 aliphatic heterocycles. The summed E-state index contributed by atoms with van der Waals surface area (Å²) in [7, 11) is 0. The fourth-order valence-electron chi connectivity index (χ4n) is 2.96. The summed E-state index contributed by atoms with van der Waals surface area (Å²) in [4.78, 5) is 20.8. The molecule has 1 amide bonds. The summed E-state index contributed by atoms with van der Waals surface area (Å²) < 4.78 is 19.2. The fraction of sp³-hybridized carbons (Fsp3) is 0.150. The molecule has 0 saturated carbocycles. The van der Waals surface area contributed by atoms with E-state index in [-0.39, 0.29) is 11.4 Å². The summed E-state index contributed by atoms with van der Waals surface area (Å²) in [6, 6.07) is 9.87. The molecule has 0 saturated heterocycles. The van der Waals surface area contributed by atoms with Gasteiger partial charge in [-0.3, -0.25) is 9.78 Å². The monoisotopic (exact) mass is 349 g/mol. The summed E-state index contributed by atoms with van der Waals surface area (Å²) in [5.41, 5.74) is 3.86. The zero-order valence-electron chi connectivity index (χ0n) is 14.1. The summed E-state index contributed by atoms with van der Waals surface area (Å²) in [5.74, 6) is 0.0544. The zero-order valence-corrected chi connectivity index (χ0v) is 14.1. The van der Waals surface area contributed by atoms with E-state index in [0.29, 0.717) is 12.3 Å². The van der Waals surface area contributed by atoms with Crippen LogP contribution in [0.15, 0.2) is 48.8 Å². The number of carbonyl (C=O) groups is 1. The number of anilines is 1. The molecule has 0 radical (unpaired) electrons. The largest absolute Gasteiger partial charge is 0.493 e. The van der Waals surface area contributed by atoms with Crippen LogP contribution in [0.2, 0.25) is 0 Å². The number of halogens is 1. The molecule has 2 heterocycles.